The van der Waals surface area contributed by atoms with Crippen LogP contribution in [0.25, 0.3) is 16.6 Å². The van der Waals surface area contributed by atoms with Gasteiger partial charge >= 0.3 is 0 Å². The minimum atomic E-state index is -0.0938. The number of para-hydroxylation sites is 2. The maximum absolute atomic E-state index is 12.5. The molecule has 146 valence electrons. The lowest BCUT2D eigenvalue weighted by molar-refractivity contribution is 0.654. The topological polar surface area (TPSA) is 63.6 Å². The third-order valence-electron chi connectivity index (χ3n) is 5.41. The number of H-pyrrole nitrogens is 1. The van der Waals surface area contributed by atoms with Crippen LogP contribution >= 0.6 is 11.8 Å². The molecule has 1 unspecified atom stereocenters. The van der Waals surface area contributed by atoms with Crippen LogP contribution in [0.3, 0.4) is 0 Å². The van der Waals surface area contributed by atoms with E-state index in [1.807, 2.05) is 24.3 Å². The summed E-state index contributed by atoms with van der Waals surface area (Å²) >= 11 is 1.65. The molecule has 5 nitrogen and oxygen atoms in total. The molecule has 6 heteroatoms. The van der Waals surface area contributed by atoms with Crippen molar-refractivity contribution in [3.05, 3.63) is 82.2 Å². The molecule has 0 fully saturated rings. The standard InChI is InChI=1S/C23H22N4OS/c1-15(21-24-18-12-6-5-11-17(18)22(28)26-21)29-23-25-19-13-7-8-14-20(19)27(23)16-9-3-2-4-10-16/h2-6,9-12,15H,7-8,13-14H2,1H3,(H,24,26,28). The van der Waals surface area contributed by atoms with Crippen molar-refractivity contribution in [1.82, 2.24) is 19.5 Å². The number of aryl methyl sites for hydroxylation is 1. The summed E-state index contributed by atoms with van der Waals surface area (Å²) < 4.78 is 2.29. The van der Waals surface area contributed by atoms with Gasteiger partial charge in [-0.15, -0.1) is 0 Å². The van der Waals surface area contributed by atoms with Gasteiger partial charge in [-0.3, -0.25) is 9.36 Å². The van der Waals surface area contributed by atoms with E-state index in [9.17, 15) is 4.79 Å². The summed E-state index contributed by atoms with van der Waals surface area (Å²) in [6.07, 6.45) is 4.47. The van der Waals surface area contributed by atoms with E-state index < -0.39 is 0 Å². The van der Waals surface area contributed by atoms with Crippen molar-refractivity contribution in [3.63, 3.8) is 0 Å². The molecular formula is C23H22N4OS. The van der Waals surface area contributed by atoms with Crippen LogP contribution in [0.5, 0.6) is 0 Å². The van der Waals surface area contributed by atoms with Gasteiger partial charge in [0.25, 0.3) is 5.56 Å². The zero-order chi connectivity index (χ0) is 19.8. The molecule has 1 aliphatic rings. The Morgan fingerprint density at radius 1 is 1.00 bits per heavy atom. The fraction of sp³-hybridized carbons (Fsp3) is 0.261. The summed E-state index contributed by atoms with van der Waals surface area (Å²) in [6.45, 7) is 2.07. The molecule has 0 amide bonds. The van der Waals surface area contributed by atoms with Gasteiger partial charge in [0.2, 0.25) is 0 Å². The zero-order valence-electron chi connectivity index (χ0n) is 16.3. The predicted octanol–water partition coefficient (Wildman–Crippen LogP) is 4.84. The highest BCUT2D eigenvalue weighted by Crippen LogP contribution is 2.37. The Hall–Kier alpha value is -2.86. The van der Waals surface area contributed by atoms with Crippen molar-refractivity contribution in [2.75, 3.05) is 0 Å². The molecule has 1 N–H and O–H groups in total. The van der Waals surface area contributed by atoms with Crippen LogP contribution in [-0.2, 0) is 12.8 Å². The Bertz CT molecular complexity index is 1230. The van der Waals surface area contributed by atoms with Crippen molar-refractivity contribution in [2.45, 2.75) is 43.0 Å². The summed E-state index contributed by atoms with van der Waals surface area (Å²) in [4.78, 5) is 25.1. The molecule has 0 saturated heterocycles. The van der Waals surface area contributed by atoms with Crippen LogP contribution in [0.2, 0.25) is 0 Å². The van der Waals surface area contributed by atoms with Crippen molar-refractivity contribution in [2.24, 2.45) is 0 Å². The molecule has 0 spiro atoms. The van der Waals surface area contributed by atoms with Crippen LogP contribution in [-0.4, -0.2) is 19.5 Å². The van der Waals surface area contributed by atoms with E-state index in [2.05, 4.69) is 40.7 Å². The quantitative estimate of drug-likeness (QED) is 0.496. The molecule has 0 bridgehead atoms. The van der Waals surface area contributed by atoms with Gasteiger partial charge in [0.05, 0.1) is 21.8 Å². The number of hydrogen-bond donors (Lipinski definition) is 1. The van der Waals surface area contributed by atoms with E-state index in [1.54, 1.807) is 17.8 Å². The monoisotopic (exact) mass is 402 g/mol. The van der Waals surface area contributed by atoms with Gasteiger partial charge in [-0.1, -0.05) is 42.1 Å². The van der Waals surface area contributed by atoms with E-state index in [0.29, 0.717) is 11.2 Å². The van der Waals surface area contributed by atoms with Crippen LogP contribution in [0.15, 0.2) is 64.5 Å². The number of benzene rings is 2. The summed E-state index contributed by atoms with van der Waals surface area (Å²) in [7, 11) is 0. The van der Waals surface area contributed by atoms with Crippen molar-refractivity contribution in [3.8, 4) is 5.69 Å². The lowest BCUT2D eigenvalue weighted by Gasteiger charge is -2.16. The van der Waals surface area contributed by atoms with E-state index in [1.165, 1.54) is 24.2 Å². The van der Waals surface area contributed by atoms with Crippen LogP contribution < -0.4 is 5.56 Å². The summed E-state index contributed by atoms with van der Waals surface area (Å²) in [6, 6.07) is 17.9. The minimum Gasteiger partial charge on any atom is -0.309 e. The third-order valence-corrected chi connectivity index (χ3v) is 6.48. The highest BCUT2D eigenvalue weighted by molar-refractivity contribution is 7.99. The van der Waals surface area contributed by atoms with E-state index in [4.69, 9.17) is 9.97 Å². The Balaban J connectivity index is 1.55. The third kappa shape index (κ3) is 3.38. The predicted molar refractivity (Wildman–Crippen MR) is 117 cm³/mol. The first-order valence-electron chi connectivity index (χ1n) is 10.0. The molecule has 1 atom stereocenters. The van der Waals surface area contributed by atoms with Crippen molar-refractivity contribution in [1.29, 1.82) is 0 Å². The van der Waals surface area contributed by atoms with Gasteiger partial charge in [0.1, 0.15) is 5.82 Å². The Morgan fingerprint density at radius 2 is 1.76 bits per heavy atom. The number of aromatic nitrogens is 4. The number of aromatic amines is 1. The highest BCUT2D eigenvalue weighted by Gasteiger charge is 2.23. The number of nitrogens with one attached hydrogen (secondary N) is 1. The minimum absolute atomic E-state index is 0.0291. The van der Waals surface area contributed by atoms with Crippen molar-refractivity contribution < 1.29 is 0 Å². The summed E-state index contributed by atoms with van der Waals surface area (Å²) in [5.41, 5.74) is 4.29. The largest absolute Gasteiger partial charge is 0.309 e. The average Bonchev–Trinajstić information content (AvgIpc) is 3.12. The molecule has 2 aromatic carbocycles. The lowest BCUT2D eigenvalue weighted by Crippen LogP contribution is -2.13. The Labute approximate surface area is 173 Å². The van der Waals surface area contributed by atoms with Gasteiger partial charge in [-0.25, -0.2) is 9.97 Å². The normalized spacial score (nSPS) is 14.7. The molecule has 29 heavy (non-hydrogen) atoms. The second-order valence-corrected chi connectivity index (χ2v) is 8.70. The van der Waals surface area contributed by atoms with Gasteiger partial charge in [-0.2, -0.15) is 0 Å². The molecule has 0 saturated carbocycles. The first kappa shape index (κ1) is 18.2. The molecule has 2 aromatic heterocycles. The number of nitrogens with zero attached hydrogens (tertiary/aromatic N) is 3. The number of fused-ring (bicyclic) bond motifs is 2. The van der Waals surface area contributed by atoms with Crippen LogP contribution in [0.1, 0.15) is 42.2 Å². The van der Waals surface area contributed by atoms with Crippen LogP contribution in [0, 0.1) is 0 Å². The van der Waals surface area contributed by atoms with Gasteiger partial charge in [0, 0.05) is 11.4 Å². The molecule has 1 aliphatic carbocycles. The van der Waals surface area contributed by atoms with E-state index in [0.717, 1.165) is 29.2 Å². The lowest BCUT2D eigenvalue weighted by atomic mass is 10.0. The molecule has 0 radical (unpaired) electrons. The molecule has 4 aromatic rings. The number of thioether (sulfide) groups is 1. The van der Waals surface area contributed by atoms with Gasteiger partial charge < -0.3 is 4.98 Å². The zero-order valence-corrected chi connectivity index (χ0v) is 17.1. The van der Waals surface area contributed by atoms with Gasteiger partial charge in [-0.05, 0) is 56.9 Å². The van der Waals surface area contributed by atoms with E-state index in [-0.39, 0.29) is 10.8 Å². The van der Waals surface area contributed by atoms with Crippen molar-refractivity contribution >= 4 is 22.7 Å². The Morgan fingerprint density at radius 3 is 2.62 bits per heavy atom. The highest BCUT2D eigenvalue weighted by atomic mass is 32.2. The average molecular weight is 403 g/mol. The second-order valence-electron chi connectivity index (χ2n) is 7.39. The second kappa shape index (κ2) is 7.52. The van der Waals surface area contributed by atoms with E-state index >= 15 is 0 Å². The fourth-order valence-electron chi connectivity index (χ4n) is 3.95. The molecular weight excluding hydrogens is 380 g/mol. The molecule has 0 aliphatic heterocycles. The summed E-state index contributed by atoms with van der Waals surface area (Å²) in [5.74, 6) is 0.680. The summed E-state index contributed by atoms with van der Waals surface area (Å²) in [5, 5.41) is 1.56. The molecule has 5 rings (SSSR count). The smallest absolute Gasteiger partial charge is 0.258 e. The Kier molecular flexibility index (Phi) is 4.72. The van der Waals surface area contributed by atoms with Gasteiger partial charge in [0.15, 0.2) is 5.16 Å². The van der Waals surface area contributed by atoms with Crippen LogP contribution in [0.4, 0.5) is 0 Å². The fourth-order valence-corrected chi connectivity index (χ4v) is 4.97. The maximum atomic E-state index is 12.5. The number of rotatable bonds is 4. The number of hydrogen-bond acceptors (Lipinski definition) is 4. The first-order chi connectivity index (χ1) is 14.2. The number of imidazole rings is 1. The maximum Gasteiger partial charge on any atom is 0.258 e. The molecule has 2 heterocycles. The SMILES string of the molecule is CC(Sc1nc2c(n1-c1ccccc1)CCCC2)c1nc2ccccc2c(=O)[nH]1. The first-order valence-corrected chi connectivity index (χ1v) is 10.9.